The van der Waals surface area contributed by atoms with Gasteiger partial charge in [-0.25, -0.2) is 0 Å². The molecule has 2 amide bonds. The zero-order valence-electron chi connectivity index (χ0n) is 29.5. The van der Waals surface area contributed by atoms with Crippen molar-refractivity contribution in [2.75, 3.05) is 7.11 Å². The molecule has 0 saturated heterocycles. The minimum absolute atomic E-state index is 0.150. The second-order valence-electron chi connectivity index (χ2n) is 13.4. The van der Waals surface area contributed by atoms with Crippen LogP contribution in [0, 0.1) is 11.8 Å². The molecule has 0 spiro atoms. The van der Waals surface area contributed by atoms with Crippen LogP contribution in [0.3, 0.4) is 0 Å². The number of carbonyl (C=O) groups is 5. The van der Waals surface area contributed by atoms with Crippen LogP contribution in [0.15, 0.2) is 71.7 Å². The average molecular weight is 748 g/mol. The Morgan fingerprint density at radius 3 is 2.12 bits per heavy atom. The van der Waals surface area contributed by atoms with Gasteiger partial charge >= 0.3 is 12.1 Å². The van der Waals surface area contributed by atoms with E-state index < -0.39 is 83.6 Å². The van der Waals surface area contributed by atoms with Gasteiger partial charge in [0.05, 0.1) is 7.11 Å². The number of halogens is 4. The molecule has 3 rings (SSSR count). The summed E-state index contributed by atoms with van der Waals surface area (Å²) in [4.78, 5) is 78.5. The first-order valence-corrected chi connectivity index (χ1v) is 16.6. The standard InChI is InChI=1S/C37H41ClF3N3O8/c1-21(2)27(33(48)37(39,40)41)19-29(45)32(23-10-12-26(51-6)13-11-23)43-35(50)28(17-22-8-7-9-25(38)16-22)42-34(49)24-14-15-44(30(46)18-24)20-31(47)52-36(3,4)5/h7-16,18,21,27-28,32H,17,19-20H2,1-6H3,(H,42,49)(H,43,50)/t27-,28-,32-/m0/s1. The number of carbonyl (C=O) groups excluding carboxylic acids is 5. The van der Waals surface area contributed by atoms with Crippen LogP contribution in [0.4, 0.5) is 13.2 Å². The molecule has 2 N–H and O–H groups in total. The van der Waals surface area contributed by atoms with E-state index in [1.165, 1.54) is 57.5 Å². The fourth-order valence-electron chi connectivity index (χ4n) is 5.21. The molecule has 1 heterocycles. The first-order valence-electron chi connectivity index (χ1n) is 16.2. The van der Waals surface area contributed by atoms with Crippen molar-refractivity contribution >= 4 is 41.0 Å². The van der Waals surface area contributed by atoms with Crippen molar-refractivity contribution in [2.24, 2.45) is 11.8 Å². The molecule has 0 aliphatic heterocycles. The number of aromatic nitrogens is 1. The van der Waals surface area contributed by atoms with Crippen molar-refractivity contribution < 1.29 is 46.6 Å². The molecule has 52 heavy (non-hydrogen) atoms. The number of Topliss-reactive ketones (excluding diaryl/α,β-unsaturated/α-hetero) is 2. The van der Waals surface area contributed by atoms with Crippen LogP contribution in [0.25, 0.3) is 0 Å². The predicted molar refractivity (Wildman–Crippen MR) is 186 cm³/mol. The number of rotatable bonds is 15. The number of nitrogens with one attached hydrogen (secondary N) is 2. The van der Waals surface area contributed by atoms with Gasteiger partial charge in [0.25, 0.3) is 11.5 Å². The van der Waals surface area contributed by atoms with E-state index in [2.05, 4.69) is 10.6 Å². The normalized spacial score (nSPS) is 13.4. The van der Waals surface area contributed by atoms with E-state index in [4.69, 9.17) is 21.1 Å². The lowest BCUT2D eigenvalue weighted by Gasteiger charge is -2.26. The summed E-state index contributed by atoms with van der Waals surface area (Å²) in [5.41, 5.74) is -0.950. The Hall–Kier alpha value is -4.98. The van der Waals surface area contributed by atoms with E-state index in [1.807, 2.05) is 0 Å². The van der Waals surface area contributed by atoms with Crippen LogP contribution >= 0.6 is 11.6 Å². The summed E-state index contributed by atoms with van der Waals surface area (Å²) in [6.45, 7) is 7.37. The maximum atomic E-state index is 14.0. The van der Waals surface area contributed by atoms with Crippen LogP contribution in [-0.4, -0.2) is 58.8 Å². The SMILES string of the molecule is COc1ccc([C@H](NC(=O)[C@H](Cc2cccc(Cl)c2)NC(=O)c2ccn(CC(=O)OC(C)(C)C)c(=O)c2)C(=O)C[C@H](C(=O)C(F)(F)F)C(C)C)cc1. The topological polar surface area (TPSA) is 150 Å². The van der Waals surface area contributed by atoms with E-state index in [1.54, 1.807) is 45.0 Å². The molecule has 0 aliphatic rings. The largest absolute Gasteiger partial charge is 0.497 e. The highest BCUT2D eigenvalue weighted by molar-refractivity contribution is 6.30. The summed E-state index contributed by atoms with van der Waals surface area (Å²) in [6.07, 6.45) is -4.95. The summed E-state index contributed by atoms with van der Waals surface area (Å²) in [5, 5.41) is 5.45. The number of pyridine rings is 1. The summed E-state index contributed by atoms with van der Waals surface area (Å²) in [5.74, 6) is -7.55. The Morgan fingerprint density at radius 1 is 0.923 bits per heavy atom. The van der Waals surface area contributed by atoms with E-state index in [0.717, 1.165) is 10.6 Å². The van der Waals surface area contributed by atoms with Crippen molar-refractivity contribution in [3.63, 3.8) is 0 Å². The molecule has 2 aromatic carbocycles. The highest BCUT2D eigenvalue weighted by Crippen LogP contribution is 2.30. The Morgan fingerprint density at radius 2 is 1.58 bits per heavy atom. The van der Waals surface area contributed by atoms with E-state index in [9.17, 15) is 41.9 Å². The number of alkyl halides is 3. The van der Waals surface area contributed by atoms with E-state index in [-0.39, 0.29) is 17.5 Å². The van der Waals surface area contributed by atoms with Gasteiger partial charge in [-0.1, -0.05) is 49.7 Å². The number of methoxy groups -OCH3 is 1. The van der Waals surface area contributed by atoms with Crippen molar-refractivity contribution in [1.29, 1.82) is 0 Å². The fraction of sp³-hybridized carbons (Fsp3) is 0.405. The first-order chi connectivity index (χ1) is 24.2. The van der Waals surface area contributed by atoms with Crippen LogP contribution in [-0.2, 0) is 36.9 Å². The third kappa shape index (κ3) is 12.1. The molecule has 3 aromatic rings. The monoisotopic (exact) mass is 747 g/mol. The minimum Gasteiger partial charge on any atom is -0.497 e. The molecule has 1 aromatic heterocycles. The number of ketones is 2. The number of esters is 1. The second-order valence-corrected chi connectivity index (χ2v) is 13.9. The van der Waals surface area contributed by atoms with Crippen LogP contribution in [0.1, 0.15) is 68.6 Å². The van der Waals surface area contributed by atoms with Gasteiger partial charge < -0.3 is 24.7 Å². The summed E-state index contributed by atoms with van der Waals surface area (Å²) < 4.78 is 51.8. The van der Waals surface area contributed by atoms with Crippen LogP contribution in [0.5, 0.6) is 5.75 Å². The number of hydrogen-bond donors (Lipinski definition) is 2. The Bertz CT molecular complexity index is 1830. The highest BCUT2D eigenvalue weighted by Gasteiger charge is 2.45. The molecular weight excluding hydrogens is 707 g/mol. The van der Waals surface area contributed by atoms with Gasteiger partial charge in [0, 0.05) is 41.6 Å². The number of benzene rings is 2. The maximum Gasteiger partial charge on any atom is 0.450 e. The Balaban J connectivity index is 1.96. The smallest absolute Gasteiger partial charge is 0.450 e. The molecule has 0 fully saturated rings. The minimum atomic E-state index is -5.18. The number of nitrogens with zero attached hydrogens (tertiary/aromatic N) is 1. The second kappa shape index (κ2) is 17.5. The van der Waals surface area contributed by atoms with Crippen LogP contribution < -0.4 is 20.9 Å². The van der Waals surface area contributed by atoms with E-state index >= 15 is 0 Å². The quantitative estimate of drug-likeness (QED) is 0.196. The van der Waals surface area contributed by atoms with Crippen molar-refractivity contribution in [1.82, 2.24) is 15.2 Å². The lowest BCUT2D eigenvalue weighted by atomic mass is 9.84. The predicted octanol–water partition coefficient (Wildman–Crippen LogP) is 5.41. The number of ether oxygens (including phenoxy) is 2. The zero-order chi connectivity index (χ0) is 39.0. The summed E-state index contributed by atoms with van der Waals surface area (Å²) >= 11 is 6.15. The number of hydrogen-bond acceptors (Lipinski definition) is 8. The third-order valence-corrected chi connectivity index (χ3v) is 8.06. The van der Waals surface area contributed by atoms with Gasteiger partial charge in [0.2, 0.25) is 11.7 Å². The molecule has 0 bridgehead atoms. The Kier molecular flexibility index (Phi) is 13.9. The third-order valence-electron chi connectivity index (χ3n) is 7.83. The molecular formula is C37H41ClF3N3O8. The zero-order valence-corrected chi connectivity index (χ0v) is 30.3. The van der Waals surface area contributed by atoms with E-state index in [0.29, 0.717) is 16.3 Å². The lowest BCUT2D eigenvalue weighted by molar-refractivity contribution is -0.177. The lowest BCUT2D eigenvalue weighted by Crippen LogP contribution is -2.50. The van der Waals surface area contributed by atoms with Gasteiger partial charge in [-0.2, -0.15) is 13.2 Å². The Labute approximate surface area is 303 Å². The van der Waals surface area contributed by atoms with Gasteiger partial charge in [0.1, 0.15) is 30.0 Å². The van der Waals surface area contributed by atoms with Crippen molar-refractivity contribution in [2.45, 2.75) is 77.9 Å². The molecule has 15 heteroatoms. The molecule has 0 unspecified atom stereocenters. The molecule has 0 saturated carbocycles. The van der Waals surface area contributed by atoms with Crippen molar-refractivity contribution in [3.05, 3.63) is 98.9 Å². The van der Waals surface area contributed by atoms with Gasteiger partial charge in [-0.05, 0) is 68.1 Å². The van der Waals surface area contributed by atoms with Crippen molar-refractivity contribution in [3.8, 4) is 5.75 Å². The summed E-state index contributed by atoms with van der Waals surface area (Å²) in [7, 11) is 1.40. The average Bonchev–Trinajstić information content (AvgIpc) is 3.04. The van der Waals surface area contributed by atoms with Gasteiger partial charge in [-0.3, -0.25) is 28.8 Å². The van der Waals surface area contributed by atoms with Crippen LogP contribution in [0.2, 0.25) is 5.02 Å². The molecule has 0 radical (unpaired) electrons. The molecule has 11 nitrogen and oxygen atoms in total. The molecule has 0 aliphatic carbocycles. The number of amides is 2. The van der Waals surface area contributed by atoms with Gasteiger partial charge in [0.15, 0.2) is 5.78 Å². The first kappa shape index (κ1) is 41.4. The highest BCUT2D eigenvalue weighted by atomic mass is 35.5. The fourth-order valence-corrected chi connectivity index (χ4v) is 5.42. The molecule has 280 valence electrons. The summed E-state index contributed by atoms with van der Waals surface area (Å²) in [6, 6.07) is 11.6. The van der Waals surface area contributed by atoms with Gasteiger partial charge in [-0.15, -0.1) is 0 Å². The molecule has 3 atom stereocenters. The maximum absolute atomic E-state index is 14.0.